The number of aromatic nitrogens is 5. The van der Waals surface area contributed by atoms with Gasteiger partial charge in [-0.05, 0) is 73.0 Å². The summed E-state index contributed by atoms with van der Waals surface area (Å²) in [6.45, 7) is 1.51. The molecule has 41 heavy (non-hydrogen) atoms. The van der Waals surface area contributed by atoms with Gasteiger partial charge in [-0.2, -0.15) is 0 Å². The van der Waals surface area contributed by atoms with Crippen LogP contribution in [-0.4, -0.2) is 48.2 Å². The van der Waals surface area contributed by atoms with Crippen molar-refractivity contribution in [2.24, 2.45) is 0 Å². The van der Waals surface area contributed by atoms with Crippen LogP contribution in [-0.2, 0) is 13.1 Å². The first-order valence-corrected chi connectivity index (χ1v) is 13.7. The van der Waals surface area contributed by atoms with E-state index in [-0.39, 0.29) is 18.4 Å². The summed E-state index contributed by atoms with van der Waals surface area (Å²) in [5.74, 6) is -0.598. The van der Waals surface area contributed by atoms with E-state index in [1.54, 1.807) is 47.5 Å². The molecule has 1 aliphatic rings. The average Bonchev–Trinajstić information content (AvgIpc) is 3.54. The third-order valence-corrected chi connectivity index (χ3v) is 7.09. The van der Waals surface area contributed by atoms with Crippen LogP contribution in [0.25, 0.3) is 23.1 Å². The largest absolute Gasteiger partial charge is 0.384 e. The molecule has 204 valence electrons. The van der Waals surface area contributed by atoms with Crippen molar-refractivity contribution in [3.63, 3.8) is 0 Å². The van der Waals surface area contributed by atoms with Gasteiger partial charge in [-0.15, -0.1) is 5.10 Å². The van der Waals surface area contributed by atoms with Crippen LogP contribution in [0.3, 0.4) is 0 Å². The van der Waals surface area contributed by atoms with Gasteiger partial charge in [-0.3, -0.25) is 24.2 Å². The van der Waals surface area contributed by atoms with Gasteiger partial charge in [-0.25, -0.2) is 4.98 Å². The minimum atomic E-state index is -0.299. The maximum atomic E-state index is 12.6. The topological polar surface area (TPSA) is 106 Å². The second kappa shape index (κ2) is 11.7. The van der Waals surface area contributed by atoms with E-state index < -0.39 is 0 Å². The molecular weight excluding hydrogens is 538 g/mol. The molecule has 6 rings (SSSR count). The maximum Gasteiger partial charge on any atom is 0.261 e. The van der Waals surface area contributed by atoms with E-state index in [2.05, 4.69) is 20.6 Å². The zero-order chi connectivity index (χ0) is 28.2. The summed E-state index contributed by atoms with van der Waals surface area (Å²) in [5, 5.41) is 13.5. The van der Waals surface area contributed by atoms with Crippen LogP contribution in [0.1, 0.15) is 50.5 Å². The van der Waals surface area contributed by atoms with Crippen LogP contribution < -0.4 is 5.32 Å². The van der Waals surface area contributed by atoms with Gasteiger partial charge in [0.15, 0.2) is 0 Å². The van der Waals surface area contributed by atoms with Crippen LogP contribution in [0.4, 0.5) is 5.69 Å². The number of rotatable bonds is 10. The van der Waals surface area contributed by atoms with Crippen molar-refractivity contribution in [1.82, 2.24) is 29.9 Å². The highest BCUT2D eigenvalue weighted by molar-refractivity contribution is 6.31. The van der Waals surface area contributed by atoms with Gasteiger partial charge in [0.05, 0.1) is 35.1 Å². The number of benzene rings is 2. The van der Waals surface area contributed by atoms with Crippen LogP contribution in [0.5, 0.6) is 0 Å². The summed E-state index contributed by atoms with van der Waals surface area (Å²) in [5.41, 5.74) is 5.15. The third-order valence-electron chi connectivity index (χ3n) is 6.86. The van der Waals surface area contributed by atoms with E-state index >= 15 is 0 Å². The number of hydrogen-bond donors (Lipinski definition) is 1. The van der Waals surface area contributed by atoms with E-state index in [9.17, 15) is 9.59 Å². The van der Waals surface area contributed by atoms with Gasteiger partial charge >= 0.3 is 0 Å². The number of fused-ring (bicyclic) bond motifs is 2. The Balaban J connectivity index is 1.05. The van der Waals surface area contributed by atoms with Crippen molar-refractivity contribution in [3.8, 4) is 0 Å². The molecule has 9 nitrogen and oxygen atoms in total. The molecule has 0 bridgehead atoms. The Labute approximate surface area is 241 Å². The van der Waals surface area contributed by atoms with E-state index in [0.29, 0.717) is 28.4 Å². The molecule has 2 aromatic carbocycles. The molecule has 5 aromatic rings. The number of pyridine rings is 2. The number of amides is 2. The highest BCUT2D eigenvalue weighted by atomic mass is 35.5. The second-order valence-electron chi connectivity index (χ2n) is 9.72. The fourth-order valence-electron chi connectivity index (χ4n) is 4.79. The molecule has 0 unspecified atom stereocenters. The molecule has 0 aliphatic carbocycles. The number of carbonyl (C=O) groups is 2. The lowest BCUT2D eigenvalue weighted by atomic mass is 10.1. The third kappa shape index (κ3) is 5.85. The molecule has 1 aliphatic heterocycles. The number of imide groups is 1. The van der Waals surface area contributed by atoms with Gasteiger partial charge in [0, 0.05) is 41.6 Å². The Kier molecular flexibility index (Phi) is 7.51. The molecule has 0 fully saturated rings. The number of halogens is 1. The predicted octanol–water partition coefficient (Wildman–Crippen LogP) is 5.73. The first-order chi connectivity index (χ1) is 20.0. The number of anilines is 1. The molecule has 0 atom stereocenters. The Hall–Kier alpha value is -4.89. The fourth-order valence-corrected chi connectivity index (χ4v) is 4.97. The predicted molar refractivity (Wildman–Crippen MR) is 158 cm³/mol. The van der Waals surface area contributed by atoms with Crippen molar-refractivity contribution in [1.29, 1.82) is 0 Å². The van der Waals surface area contributed by atoms with Gasteiger partial charge in [-0.1, -0.05) is 35.0 Å². The quantitative estimate of drug-likeness (QED) is 0.171. The summed E-state index contributed by atoms with van der Waals surface area (Å²) in [4.78, 5) is 35.3. The zero-order valence-electron chi connectivity index (χ0n) is 22.1. The smallest absolute Gasteiger partial charge is 0.261 e. The lowest BCUT2D eigenvalue weighted by molar-refractivity contribution is 0.0640. The summed E-state index contributed by atoms with van der Waals surface area (Å²) >= 11 is 6.29. The van der Waals surface area contributed by atoms with E-state index in [1.165, 1.54) is 4.90 Å². The lowest BCUT2D eigenvalue weighted by Crippen LogP contribution is -2.29. The van der Waals surface area contributed by atoms with Gasteiger partial charge in [0.2, 0.25) is 0 Å². The molecule has 1 N–H and O–H groups in total. The molecule has 3 aromatic heterocycles. The zero-order valence-corrected chi connectivity index (χ0v) is 22.8. The number of nitrogens with zero attached hydrogens (tertiary/aromatic N) is 6. The van der Waals surface area contributed by atoms with Gasteiger partial charge in [0.1, 0.15) is 5.69 Å². The van der Waals surface area contributed by atoms with E-state index in [4.69, 9.17) is 16.6 Å². The highest BCUT2D eigenvalue weighted by Crippen LogP contribution is 2.27. The molecular formula is C31H26ClN7O2. The average molecular weight is 564 g/mol. The Morgan fingerprint density at radius 3 is 2.46 bits per heavy atom. The normalized spacial score (nSPS) is 13.0. The Morgan fingerprint density at radius 1 is 0.902 bits per heavy atom. The maximum absolute atomic E-state index is 12.6. The number of unbranched alkanes of at least 4 members (excludes halogenated alkanes) is 1. The molecule has 2 amide bonds. The summed E-state index contributed by atoms with van der Waals surface area (Å²) in [6, 6.07) is 18.5. The van der Waals surface area contributed by atoms with E-state index in [1.807, 2.05) is 48.6 Å². The monoisotopic (exact) mass is 563 g/mol. The lowest BCUT2D eigenvalue weighted by Gasteiger charge is -2.11. The number of aryl methyl sites for hydroxylation is 1. The molecule has 0 saturated carbocycles. The minimum absolute atomic E-state index is 0.101. The Morgan fingerprint density at radius 2 is 1.68 bits per heavy atom. The number of hydrogen-bond acceptors (Lipinski definition) is 7. The van der Waals surface area contributed by atoms with Crippen molar-refractivity contribution < 1.29 is 9.59 Å². The SMILES string of the molecule is O=C1c2ccccc2C(=O)N1Cc1cn(CCCCNc2cc(/C=C/c3ccncc3)nc3ccc(Cl)cc23)nn1. The van der Waals surface area contributed by atoms with Gasteiger partial charge < -0.3 is 5.32 Å². The van der Waals surface area contributed by atoms with Crippen molar-refractivity contribution >= 4 is 52.2 Å². The molecule has 0 saturated heterocycles. The Bertz CT molecular complexity index is 1730. The molecule has 4 heterocycles. The summed E-state index contributed by atoms with van der Waals surface area (Å²) < 4.78 is 1.75. The standard InChI is InChI=1S/C31H26ClN7O2/c32-22-8-10-28-27(17-22)29(18-23(35-28)9-7-21-11-14-33-15-12-21)34-13-3-4-16-38-19-24(36-37-38)20-39-30(40)25-5-1-2-6-26(25)31(39)41/h1-2,5-12,14-15,17-19H,3-4,13,16,20H2,(H,34,35)/b9-7+. The van der Waals surface area contributed by atoms with Crippen molar-refractivity contribution in [2.75, 3.05) is 11.9 Å². The second-order valence-corrected chi connectivity index (χ2v) is 10.2. The number of carbonyl (C=O) groups excluding carboxylic acids is 2. The fraction of sp³-hybridized carbons (Fsp3) is 0.161. The van der Waals surface area contributed by atoms with Gasteiger partial charge in [0.25, 0.3) is 11.8 Å². The van der Waals surface area contributed by atoms with E-state index in [0.717, 1.165) is 47.2 Å². The first-order valence-electron chi connectivity index (χ1n) is 13.3. The summed E-state index contributed by atoms with van der Waals surface area (Å²) in [7, 11) is 0. The molecule has 0 radical (unpaired) electrons. The van der Waals surface area contributed by atoms with Crippen LogP contribution >= 0.6 is 11.6 Å². The van der Waals surface area contributed by atoms with Crippen molar-refractivity contribution in [2.45, 2.75) is 25.9 Å². The van der Waals surface area contributed by atoms with Crippen LogP contribution in [0, 0.1) is 0 Å². The van der Waals surface area contributed by atoms with Crippen LogP contribution in [0.2, 0.25) is 5.02 Å². The van der Waals surface area contributed by atoms with Crippen molar-refractivity contribution in [3.05, 3.63) is 112 Å². The summed E-state index contributed by atoms with van der Waals surface area (Å²) in [6.07, 6.45) is 11.1. The molecule has 10 heteroatoms. The number of nitrogens with one attached hydrogen (secondary N) is 1. The highest BCUT2D eigenvalue weighted by Gasteiger charge is 2.35. The molecule has 0 spiro atoms. The first kappa shape index (κ1) is 26.3. The van der Waals surface area contributed by atoms with Crippen LogP contribution in [0.15, 0.2) is 79.3 Å². The minimum Gasteiger partial charge on any atom is -0.384 e.